The van der Waals surface area contributed by atoms with Crippen molar-refractivity contribution in [1.29, 1.82) is 0 Å². The molecule has 0 radical (unpaired) electrons. The van der Waals surface area contributed by atoms with Crippen LogP contribution in [0.3, 0.4) is 0 Å². The third-order valence-corrected chi connectivity index (χ3v) is 5.77. The molecule has 104 valence electrons. The number of sulfone groups is 1. The Labute approximate surface area is 117 Å². The Morgan fingerprint density at radius 3 is 2.47 bits per heavy atom. The molecule has 2 rings (SSSR count). The van der Waals surface area contributed by atoms with Gasteiger partial charge in [0, 0.05) is 17.9 Å². The maximum Gasteiger partial charge on any atom is 0.194 e. The quantitative estimate of drug-likeness (QED) is 0.928. The minimum absolute atomic E-state index is 0.0954. The van der Waals surface area contributed by atoms with Gasteiger partial charge in [-0.05, 0) is 43.0 Å². The molecule has 0 saturated heterocycles. The Morgan fingerprint density at radius 1 is 1.26 bits per heavy atom. The van der Waals surface area contributed by atoms with Crippen molar-refractivity contribution in [2.75, 3.05) is 0 Å². The predicted octanol–water partition coefficient (Wildman–Crippen LogP) is 2.16. The van der Waals surface area contributed by atoms with Crippen LogP contribution < -0.4 is 5.73 Å². The highest BCUT2D eigenvalue weighted by Gasteiger charge is 2.34. The Bertz CT molecular complexity index is 568. The number of carbonyl (C=O) groups excluding carboxylic acids is 1. The molecule has 1 saturated carbocycles. The van der Waals surface area contributed by atoms with Gasteiger partial charge in [0.1, 0.15) is 11.2 Å². The summed E-state index contributed by atoms with van der Waals surface area (Å²) in [7, 11) is -3.61. The fourth-order valence-electron chi connectivity index (χ4n) is 2.37. The molecule has 0 amide bonds. The predicted molar refractivity (Wildman–Crippen MR) is 73.6 cm³/mol. The molecule has 1 aromatic carbocycles. The molecule has 4 nitrogen and oxygen atoms in total. The van der Waals surface area contributed by atoms with Crippen LogP contribution in [0.5, 0.6) is 0 Å². The smallest absolute Gasteiger partial charge is 0.194 e. The molecule has 1 aliphatic carbocycles. The lowest BCUT2D eigenvalue weighted by Crippen LogP contribution is -2.40. The van der Waals surface area contributed by atoms with Crippen molar-refractivity contribution in [1.82, 2.24) is 0 Å². The minimum atomic E-state index is -3.61. The second-order valence-corrected chi connectivity index (χ2v) is 7.40. The summed E-state index contributed by atoms with van der Waals surface area (Å²) in [6.07, 6.45) is 2.19. The van der Waals surface area contributed by atoms with Gasteiger partial charge in [0.2, 0.25) is 0 Å². The van der Waals surface area contributed by atoms with Crippen molar-refractivity contribution in [3.63, 3.8) is 0 Å². The van der Waals surface area contributed by atoms with Crippen LogP contribution in [-0.2, 0) is 14.6 Å². The highest BCUT2D eigenvalue weighted by atomic mass is 35.5. The molecule has 1 aromatic rings. The standard InChI is InChI=1S/C13H16ClNO3S/c14-10-4-6-12(7-5-10)19(17,18)13(15)9-2-1-3-11(16)8-9/h4-7,9,13H,1-3,8,15H2. The van der Waals surface area contributed by atoms with Crippen molar-refractivity contribution < 1.29 is 13.2 Å². The number of halogens is 1. The first-order chi connectivity index (χ1) is 8.91. The highest BCUT2D eigenvalue weighted by Crippen LogP contribution is 2.29. The zero-order chi connectivity index (χ0) is 14.0. The highest BCUT2D eigenvalue weighted by molar-refractivity contribution is 7.92. The molecule has 2 unspecified atom stereocenters. The summed E-state index contributed by atoms with van der Waals surface area (Å²) in [4.78, 5) is 11.6. The van der Waals surface area contributed by atoms with E-state index in [0.29, 0.717) is 24.3 Å². The third kappa shape index (κ3) is 3.16. The van der Waals surface area contributed by atoms with Crippen LogP contribution in [0.1, 0.15) is 25.7 Å². The van der Waals surface area contributed by atoms with Crippen LogP contribution in [0, 0.1) is 5.92 Å². The van der Waals surface area contributed by atoms with Crippen molar-refractivity contribution in [3.05, 3.63) is 29.3 Å². The lowest BCUT2D eigenvalue weighted by atomic mass is 9.88. The second kappa shape index (κ2) is 5.61. The van der Waals surface area contributed by atoms with Crippen LogP contribution in [-0.4, -0.2) is 19.6 Å². The molecule has 6 heteroatoms. The maximum atomic E-state index is 12.4. The van der Waals surface area contributed by atoms with Crippen LogP contribution in [0.4, 0.5) is 0 Å². The van der Waals surface area contributed by atoms with Gasteiger partial charge >= 0.3 is 0 Å². The summed E-state index contributed by atoms with van der Waals surface area (Å²) in [6.45, 7) is 0. The fourth-order valence-corrected chi connectivity index (χ4v) is 4.07. The van der Waals surface area contributed by atoms with Crippen molar-refractivity contribution in [2.24, 2.45) is 11.7 Å². The average molecular weight is 302 g/mol. The van der Waals surface area contributed by atoms with E-state index >= 15 is 0 Å². The molecular weight excluding hydrogens is 286 g/mol. The van der Waals surface area contributed by atoms with E-state index in [1.807, 2.05) is 0 Å². The molecule has 19 heavy (non-hydrogen) atoms. The number of benzene rings is 1. The molecule has 2 atom stereocenters. The number of ketones is 1. The van der Waals surface area contributed by atoms with E-state index in [0.717, 1.165) is 0 Å². The number of rotatable bonds is 3. The summed E-state index contributed by atoms with van der Waals surface area (Å²) in [6, 6.07) is 5.94. The molecule has 0 bridgehead atoms. The zero-order valence-electron chi connectivity index (χ0n) is 10.4. The van der Waals surface area contributed by atoms with Crippen LogP contribution >= 0.6 is 11.6 Å². The van der Waals surface area contributed by atoms with Gasteiger partial charge < -0.3 is 5.73 Å². The molecule has 1 aliphatic rings. The Balaban J connectivity index is 2.23. The van der Waals surface area contributed by atoms with E-state index in [1.165, 1.54) is 24.3 Å². The molecular formula is C13H16ClNO3S. The van der Waals surface area contributed by atoms with Crippen LogP contribution in [0.2, 0.25) is 5.02 Å². The summed E-state index contributed by atoms with van der Waals surface area (Å²) >= 11 is 5.74. The molecule has 2 N–H and O–H groups in total. The molecule has 0 spiro atoms. The van der Waals surface area contributed by atoms with Crippen molar-refractivity contribution >= 4 is 27.2 Å². The lowest BCUT2D eigenvalue weighted by Gasteiger charge is -2.26. The first-order valence-corrected chi connectivity index (χ1v) is 8.10. The van der Waals surface area contributed by atoms with E-state index in [4.69, 9.17) is 17.3 Å². The normalized spacial score (nSPS) is 22.2. The minimum Gasteiger partial charge on any atom is -0.315 e. The van der Waals surface area contributed by atoms with Gasteiger partial charge in [-0.2, -0.15) is 0 Å². The van der Waals surface area contributed by atoms with Gasteiger partial charge in [-0.3, -0.25) is 4.79 Å². The second-order valence-electron chi connectivity index (χ2n) is 4.86. The van der Waals surface area contributed by atoms with E-state index in [-0.39, 0.29) is 23.0 Å². The topological polar surface area (TPSA) is 77.2 Å². The monoisotopic (exact) mass is 301 g/mol. The molecule has 0 heterocycles. The van der Waals surface area contributed by atoms with E-state index in [9.17, 15) is 13.2 Å². The number of hydrogen-bond acceptors (Lipinski definition) is 4. The fraction of sp³-hybridized carbons (Fsp3) is 0.462. The van der Waals surface area contributed by atoms with Gasteiger partial charge in [-0.15, -0.1) is 0 Å². The summed E-state index contributed by atoms with van der Waals surface area (Å²) in [5.74, 6) is -0.195. The van der Waals surface area contributed by atoms with Gasteiger partial charge in [0.05, 0.1) is 4.90 Å². The first kappa shape index (κ1) is 14.5. The van der Waals surface area contributed by atoms with Crippen LogP contribution in [0.25, 0.3) is 0 Å². The lowest BCUT2D eigenvalue weighted by molar-refractivity contribution is -0.121. The van der Waals surface area contributed by atoms with Gasteiger partial charge in [0.25, 0.3) is 0 Å². The maximum absolute atomic E-state index is 12.4. The molecule has 1 fully saturated rings. The Hall–Kier alpha value is -0.910. The number of carbonyl (C=O) groups is 1. The summed E-state index contributed by atoms with van der Waals surface area (Å²) < 4.78 is 24.7. The van der Waals surface area contributed by atoms with Gasteiger partial charge in [-0.25, -0.2) is 8.42 Å². The molecule has 0 aromatic heterocycles. The Morgan fingerprint density at radius 2 is 1.89 bits per heavy atom. The largest absolute Gasteiger partial charge is 0.315 e. The number of nitrogens with two attached hydrogens (primary N) is 1. The zero-order valence-corrected chi connectivity index (χ0v) is 12.0. The SMILES string of the molecule is NC(C1CCCC(=O)C1)S(=O)(=O)c1ccc(Cl)cc1. The average Bonchev–Trinajstić information content (AvgIpc) is 2.38. The van der Waals surface area contributed by atoms with Crippen molar-refractivity contribution in [3.8, 4) is 0 Å². The summed E-state index contributed by atoms with van der Waals surface area (Å²) in [5, 5.41) is -0.557. The number of hydrogen-bond donors (Lipinski definition) is 1. The van der Waals surface area contributed by atoms with E-state index < -0.39 is 15.2 Å². The van der Waals surface area contributed by atoms with Gasteiger partial charge in [-0.1, -0.05) is 11.6 Å². The van der Waals surface area contributed by atoms with Crippen molar-refractivity contribution in [2.45, 2.75) is 36.0 Å². The number of Topliss-reactive ketones (excluding diaryl/α,β-unsaturated/α-hetero) is 1. The Kier molecular flexibility index (Phi) is 4.28. The van der Waals surface area contributed by atoms with Crippen LogP contribution in [0.15, 0.2) is 29.2 Å². The summed E-state index contributed by atoms with van der Waals surface area (Å²) in [5.41, 5.74) is 5.89. The third-order valence-electron chi connectivity index (χ3n) is 3.49. The van der Waals surface area contributed by atoms with E-state index in [1.54, 1.807) is 0 Å². The van der Waals surface area contributed by atoms with Gasteiger partial charge in [0.15, 0.2) is 9.84 Å². The first-order valence-electron chi connectivity index (χ1n) is 6.18. The van der Waals surface area contributed by atoms with E-state index in [2.05, 4.69) is 0 Å². The molecule has 0 aliphatic heterocycles.